The lowest BCUT2D eigenvalue weighted by Gasteiger charge is -2.05. The Kier molecular flexibility index (Phi) is 4.45. The first kappa shape index (κ1) is 15.0. The molecular weight excluding hydrogens is 304 g/mol. The molecule has 0 unspecified atom stereocenters. The van der Waals surface area contributed by atoms with Gasteiger partial charge >= 0.3 is 5.97 Å². The van der Waals surface area contributed by atoms with Crippen molar-refractivity contribution in [2.45, 2.75) is 4.90 Å². The molecule has 0 fully saturated rings. The summed E-state index contributed by atoms with van der Waals surface area (Å²) < 4.78 is 46.6. The molecule has 8 nitrogen and oxygen atoms in total. The first-order chi connectivity index (χ1) is 8.13. The molecule has 0 bridgehead atoms. The number of aromatic carboxylic acids is 1. The Balaban J connectivity index is 2.87. The number of hydrogen-bond donors (Lipinski definition) is 3. The Morgan fingerprint density at radius 3 is 2.50 bits per heavy atom. The fraction of sp³-hybridized carbons (Fsp3) is 0.286. The minimum Gasteiger partial charge on any atom is -0.477 e. The molecule has 0 aliphatic carbocycles. The summed E-state index contributed by atoms with van der Waals surface area (Å²) in [7, 11) is -7.84. The van der Waals surface area contributed by atoms with Crippen molar-refractivity contribution < 1.29 is 26.7 Å². The number of nitrogens with one attached hydrogen (secondary N) is 1. The molecule has 1 aromatic heterocycles. The molecular formula is C7H10N2O6S3. The second-order valence-corrected chi connectivity index (χ2v) is 7.57. The van der Waals surface area contributed by atoms with Gasteiger partial charge in [-0.1, -0.05) is 0 Å². The van der Waals surface area contributed by atoms with Gasteiger partial charge in [0.15, 0.2) is 0 Å². The fourth-order valence-corrected chi connectivity index (χ4v) is 3.87. The van der Waals surface area contributed by atoms with Crippen molar-refractivity contribution in [3.05, 3.63) is 16.3 Å². The number of hydrogen-bond acceptors (Lipinski definition) is 6. The van der Waals surface area contributed by atoms with Crippen LogP contribution in [0.3, 0.4) is 0 Å². The van der Waals surface area contributed by atoms with E-state index < -0.39 is 43.2 Å². The summed E-state index contributed by atoms with van der Waals surface area (Å²) >= 11 is 0.762. The second kappa shape index (κ2) is 5.32. The third-order valence-electron chi connectivity index (χ3n) is 1.79. The van der Waals surface area contributed by atoms with Crippen molar-refractivity contribution in [1.82, 2.24) is 4.72 Å². The zero-order valence-electron chi connectivity index (χ0n) is 8.86. The van der Waals surface area contributed by atoms with Crippen LogP contribution < -0.4 is 9.86 Å². The van der Waals surface area contributed by atoms with E-state index in [-0.39, 0.29) is 4.88 Å². The monoisotopic (exact) mass is 314 g/mol. The molecule has 1 aromatic rings. The molecule has 0 aromatic carbocycles. The maximum atomic E-state index is 11.7. The molecule has 0 aliphatic rings. The summed E-state index contributed by atoms with van der Waals surface area (Å²) in [6, 6.07) is 1.13. The molecule has 0 radical (unpaired) electrons. The molecule has 11 heteroatoms. The maximum Gasteiger partial charge on any atom is 0.347 e. The first-order valence-corrected chi connectivity index (χ1v) is 8.52. The van der Waals surface area contributed by atoms with E-state index >= 15 is 0 Å². The molecule has 1 rings (SSSR count). The number of sulfonamides is 2. The standard InChI is InChI=1S/C7H10N2O6S3/c8-17(12,13)4-2-9-18(14,15)5-1-3-16-6(5)7(10)11/h1,3,9H,2,4H2,(H,10,11)(H2,8,12,13). The van der Waals surface area contributed by atoms with Crippen LogP contribution in [0.2, 0.25) is 0 Å². The summed E-state index contributed by atoms with van der Waals surface area (Å²) in [4.78, 5) is 10.0. The Labute approximate surface area is 108 Å². The van der Waals surface area contributed by atoms with Crippen LogP contribution in [0, 0.1) is 0 Å². The molecule has 102 valence electrons. The van der Waals surface area contributed by atoms with Gasteiger partial charge in [-0.05, 0) is 11.4 Å². The Hall–Kier alpha value is -1.01. The number of carboxylic acid groups (broad SMARTS) is 1. The van der Waals surface area contributed by atoms with Crippen molar-refractivity contribution in [2.75, 3.05) is 12.3 Å². The highest BCUT2D eigenvalue weighted by molar-refractivity contribution is 7.90. The van der Waals surface area contributed by atoms with E-state index in [1.54, 1.807) is 0 Å². The van der Waals surface area contributed by atoms with Gasteiger partial charge in [0.1, 0.15) is 9.77 Å². The normalized spacial score (nSPS) is 12.5. The first-order valence-electron chi connectivity index (χ1n) is 4.44. The summed E-state index contributed by atoms with van der Waals surface area (Å²) in [6.45, 7) is -0.421. The summed E-state index contributed by atoms with van der Waals surface area (Å²) in [5.74, 6) is -1.93. The van der Waals surface area contributed by atoms with Gasteiger partial charge in [0, 0.05) is 6.54 Å². The number of primary sulfonamides is 1. The third kappa shape index (κ3) is 4.03. The molecule has 0 aliphatic heterocycles. The lowest BCUT2D eigenvalue weighted by atomic mass is 10.5. The number of thiophene rings is 1. The van der Waals surface area contributed by atoms with Crippen LogP contribution in [0.25, 0.3) is 0 Å². The number of nitrogens with two attached hydrogens (primary N) is 1. The van der Waals surface area contributed by atoms with Crippen LogP contribution >= 0.6 is 11.3 Å². The van der Waals surface area contributed by atoms with Gasteiger partial charge < -0.3 is 5.11 Å². The maximum absolute atomic E-state index is 11.7. The largest absolute Gasteiger partial charge is 0.477 e. The van der Waals surface area contributed by atoms with E-state index in [4.69, 9.17) is 10.2 Å². The van der Waals surface area contributed by atoms with Crippen LogP contribution in [0.4, 0.5) is 0 Å². The average Bonchev–Trinajstić information content (AvgIpc) is 2.63. The minimum atomic E-state index is -4.06. The lowest BCUT2D eigenvalue weighted by molar-refractivity contribution is 0.0698. The van der Waals surface area contributed by atoms with Crippen molar-refractivity contribution in [2.24, 2.45) is 5.14 Å². The molecule has 1 heterocycles. The van der Waals surface area contributed by atoms with Crippen LogP contribution in [0.15, 0.2) is 16.3 Å². The smallest absolute Gasteiger partial charge is 0.347 e. The SMILES string of the molecule is NS(=O)(=O)CCNS(=O)(=O)c1ccsc1C(=O)O. The third-order valence-corrected chi connectivity index (χ3v) is 5.10. The van der Waals surface area contributed by atoms with E-state index in [1.807, 2.05) is 4.72 Å². The highest BCUT2D eigenvalue weighted by atomic mass is 32.2. The number of rotatable bonds is 6. The van der Waals surface area contributed by atoms with Crippen molar-refractivity contribution >= 4 is 37.4 Å². The summed E-state index contributed by atoms with van der Waals surface area (Å²) in [6.07, 6.45) is 0. The molecule has 0 amide bonds. The van der Waals surface area contributed by atoms with Crippen molar-refractivity contribution in [3.8, 4) is 0 Å². The molecule has 0 spiro atoms. The molecule has 4 N–H and O–H groups in total. The minimum absolute atomic E-state index is 0.335. The van der Waals surface area contributed by atoms with Crippen LogP contribution in [0.5, 0.6) is 0 Å². The van der Waals surface area contributed by atoms with E-state index in [9.17, 15) is 21.6 Å². The van der Waals surface area contributed by atoms with E-state index in [1.165, 1.54) is 5.38 Å². The molecule has 0 saturated heterocycles. The Morgan fingerprint density at radius 1 is 1.39 bits per heavy atom. The molecule has 0 saturated carbocycles. The lowest BCUT2D eigenvalue weighted by Crippen LogP contribution is -2.31. The van der Waals surface area contributed by atoms with E-state index in [0.717, 1.165) is 17.4 Å². The Bertz CT molecular complexity index is 644. The topological polar surface area (TPSA) is 144 Å². The van der Waals surface area contributed by atoms with Crippen LogP contribution in [-0.2, 0) is 20.0 Å². The molecule has 18 heavy (non-hydrogen) atoms. The summed E-state index contributed by atoms with van der Waals surface area (Å²) in [5, 5.41) is 14.8. The van der Waals surface area contributed by atoms with Crippen molar-refractivity contribution in [3.63, 3.8) is 0 Å². The molecule has 0 atom stereocenters. The van der Waals surface area contributed by atoms with Crippen LogP contribution in [-0.4, -0.2) is 40.2 Å². The highest BCUT2D eigenvalue weighted by Crippen LogP contribution is 2.21. The van der Waals surface area contributed by atoms with Crippen LogP contribution in [0.1, 0.15) is 9.67 Å². The summed E-state index contributed by atoms with van der Waals surface area (Å²) in [5.41, 5.74) is 0. The van der Waals surface area contributed by atoms with Gasteiger partial charge in [-0.2, -0.15) is 0 Å². The zero-order valence-corrected chi connectivity index (χ0v) is 11.3. The van der Waals surface area contributed by atoms with Gasteiger partial charge in [0.2, 0.25) is 20.0 Å². The van der Waals surface area contributed by atoms with E-state index in [2.05, 4.69) is 0 Å². The van der Waals surface area contributed by atoms with Gasteiger partial charge in [0.25, 0.3) is 0 Å². The van der Waals surface area contributed by atoms with Gasteiger partial charge in [-0.25, -0.2) is 31.5 Å². The van der Waals surface area contributed by atoms with E-state index in [0.29, 0.717) is 0 Å². The number of carboxylic acids is 1. The Morgan fingerprint density at radius 2 is 2.00 bits per heavy atom. The quantitative estimate of drug-likeness (QED) is 0.615. The second-order valence-electron chi connectivity index (χ2n) is 3.18. The fourth-order valence-electron chi connectivity index (χ4n) is 1.06. The zero-order chi connectivity index (χ0) is 14.0. The van der Waals surface area contributed by atoms with Gasteiger partial charge in [-0.15, -0.1) is 11.3 Å². The predicted octanol–water partition coefficient (Wildman–Crippen LogP) is -0.987. The van der Waals surface area contributed by atoms with Gasteiger partial charge in [-0.3, -0.25) is 0 Å². The van der Waals surface area contributed by atoms with Gasteiger partial charge in [0.05, 0.1) is 5.75 Å². The van der Waals surface area contributed by atoms with Crippen molar-refractivity contribution in [1.29, 1.82) is 0 Å². The highest BCUT2D eigenvalue weighted by Gasteiger charge is 2.23. The number of carbonyl (C=O) groups is 1. The predicted molar refractivity (Wildman–Crippen MR) is 64.4 cm³/mol. The average molecular weight is 314 g/mol.